The third-order valence-corrected chi connectivity index (χ3v) is 8.58. The van der Waals surface area contributed by atoms with Crippen LogP contribution < -0.4 is 15.8 Å². The van der Waals surface area contributed by atoms with E-state index in [4.69, 9.17) is 10.7 Å². The number of rotatable bonds is 7. The molecule has 38 heavy (non-hydrogen) atoms. The number of nitrogens with zero attached hydrogens (tertiary/aromatic N) is 2. The normalized spacial score (nSPS) is 17.9. The van der Waals surface area contributed by atoms with Gasteiger partial charge in [0.1, 0.15) is 10.7 Å². The van der Waals surface area contributed by atoms with Crippen molar-refractivity contribution >= 4 is 32.6 Å². The number of hydrogen-bond acceptors (Lipinski definition) is 6. The van der Waals surface area contributed by atoms with Crippen molar-refractivity contribution in [2.24, 2.45) is 5.73 Å². The molecule has 1 aromatic heterocycles. The summed E-state index contributed by atoms with van der Waals surface area (Å²) in [6, 6.07) is 15.5. The first-order chi connectivity index (χ1) is 18.2. The Labute approximate surface area is 222 Å². The summed E-state index contributed by atoms with van der Waals surface area (Å²) in [5.74, 6) is -0.150. The van der Waals surface area contributed by atoms with Gasteiger partial charge in [-0.1, -0.05) is 25.1 Å². The van der Waals surface area contributed by atoms with Gasteiger partial charge in [0.15, 0.2) is 0 Å². The highest BCUT2D eigenvalue weighted by molar-refractivity contribution is 7.92. The topological polar surface area (TPSA) is 110 Å². The zero-order valence-electron chi connectivity index (χ0n) is 21.5. The Morgan fingerprint density at radius 2 is 1.82 bits per heavy atom. The van der Waals surface area contributed by atoms with Crippen LogP contribution in [0.5, 0.6) is 0 Å². The summed E-state index contributed by atoms with van der Waals surface area (Å²) < 4.78 is 42.0. The van der Waals surface area contributed by atoms with Crippen LogP contribution in [0.1, 0.15) is 43.7 Å². The molecule has 1 aliphatic carbocycles. The third kappa shape index (κ3) is 5.49. The maximum atomic E-state index is 14.1. The number of anilines is 2. The number of benzene rings is 3. The Hall–Kier alpha value is -3.56. The fourth-order valence-corrected chi connectivity index (χ4v) is 6.21. The summed E-state index contributed by atoms with van der Waals surface area (Å²) >= 11 is 0. The van der Waals surface area contributed by atoms with E-state index in [0.717, 1.165) is 71.3 Å². The van der Waals surface area contributed by atoms with E-state index in [2.05, 4.69) is 34.1 Å². The molecule has 9 heteroatoms. The first-order valence-electron chi connectivity index (χ1n) is 12.9. The van der Waals surface area contributed by atoms with E-state index in [9.17, 15) is 12.8 Å². The van der Waals surface area contributed by atoms with Gasteiger partial charge in [0.2, 0.25) is 5.95 Å². The van der Waals surface area contributed by atoms with E-state index in [0.29, 0.717) is 23.7 Å². The van der Waals surface area contributed by atoms with Gasteiger partial charge in [-0.05, 0) is 97.7 Å². The molecule has 0 bridgehead atoms. The number of nitrogens with one attached hydrogen (secondary N) is 2. The van der Waals surface area contributed by atoms with Crippen molar-refractivity contribution in [2.45, 2.75) is 62.9 Å². The Morgan fingerprint density at radius 1 is 1.05 bits per heavy atom. The lowest BCUT2D eigenvalue weighted by Crippen LogP contribution is -2.33. The van der Waals surface area contributed by atoms with Crippen LogP contribution in [0.4, 0.5) is 16.0 Å². The van der Waals surface area contributed by atoms with Gasteiger partial charge in [-0.25, -0.2) is 22.8 Å². The highest BCUT2D eigenvalue weighted by Gasteiger charge is 2.21. The number of nitrogens with two attached hydrogens (primary N) is 1. The second-order valence-corrected chi connectivity index (χ2v) is 11.6. The molecular formula is C29H32FN5O2S. The fourth-order valence-electron chi connectivity index (χ4n) is 5.08. The Balaban J connectivity index is 1.41. The molecule has 5 rings (SSSR count). The summed E-state index contributed by atoms with van der Waals surface area (Å²) in [5.41, 5.74) is 11.3. The van der Waals surface area contributed by atoms with Crippen molar-refractivity contribution < 1.29 is 12.8 Å². The number of halogens is 1. The van der Waals surface area contributed by atoms with Crippen molar-refractivity contribution in [3.05, 3.63) is 77.7 Å². The summed E-state index contributed by atoms with van der Waals surface area (Å²) in [7, 11) is -4.05. The lowest BCUT2D eigenvalue weighted by Gasteiger charge is -2.26. The number of fused-ring (bicyclic) bond motifs is 1. The molecule has 0 spiro atoms. The molecule has 1 fully saturated rings. The summed E-state index contributed by atoms with van der Waals surface area (Å²) in [4.78, 5) is 9.04. The van der Waals surface area contributed by atoms with Crippen LogP contribution in [0, 0.1) is 12.7 Å². The minimum Gasteiger partial charge on any atom is -0.351 e. The molecule has 0 aliphatic heterocycles. The molecule has 3 aromatic carbocycles. The third-order valence-electron chi connectivity index (χ3n) is 7.16. The van der Waals surface area contributed by atoms with Crippen LogP contribution in [-0.4, -0.2) is 30.5 Å². The monoisotopic (exact) mass is 533 g/mol. The SMILES string of the molecule is CCc1cc(-c2ccc(NS(=O)(=O)c3ccccc3F)cc2C)cc2cnc(NC3CCC(N)CC3)nc12. The molecule has 1 heterocycles. The summed E-state index contributed by atoms with van der Waals surface area (Å²) in [6.45, 7) is 4.02. The van der Waals surface area contributed by atoms with Crippen molar-refractivity contribution in [3.8, 4) is 11.1 Å². The molecule has 0 radical (unpaired) electrons. The van der Waals surface area contributed by atoms with Gasteiger partial charge >= 0.3 is 0 Å². The number of aryl methyl sites for hydroxylation is 2. The minimum atomic E-state index is -4.05. The van der Waals surface area contributed by atoms with E-state index in [1.165, 1.54) is 18.2 Å². The number of hydrogen-bond donors (Lipinski definition) is 3. The Kier molecular flexibility index (Phi) is 7.32. The molecule has 7 nitrogen and oxygen atoms in total. The molecule has 0 atom stereocenters. The lowest BCUT2D eigenvalue weighted by atomic mass is 9.92. The average Bonchev–Trinajstić information content (AvgIpc) is 2.89. The maximum Gasteiger partial charge on any atom is 0.264 e. The fraction of sp³-hybridized carbons (Fsp3) is 0.310. The molecule has 198 valence electrons. The Bertz CT molecular complexity index is 1580. The van der Waals surface area contributed by atoms with Crippen LogP contribution in [0.25, 0.3) is 22.0 Å². The van der Waals surface area contributed by atoms with E-state index >= 15 is 0 Å². The number of sulfonamides is 1. The van der Waals surface area contributed by atoms with Gasteiger partial charge in [-0.3, -0.25) is 4.72 Å². The molecule has 4 aromatic rings. The van der Waals surface area contributed by atoms with Crippen molar-refractivity contribution in [1.82, 2.24) is 9.97 Å². The highest BCUT2D eigenvalue weighted by atomic mass is 32.2. The summed E-state index contributed by atoms with van der Waals surface area (Å²) in [5, 5.41) is 4.43. The van der Waals surface area contributed by atoms with Crippen molar-refractivity contribution in [1.29, 1.82) is 0 Å². The number of aromatic nitrogens is 2. The van der Waals surface area contributed by atoms with Crippen LogP contribution in [0.2, 0.25) is 0 Å². The zero-order valence-corrected chi connectivity index (χ0v) is 22.4. The largest absolute Gasteiger partial charge is 0.351 e. The van der Waals surface area contributed by atoms with Gasteiger partial charge in [-0.2, -0.15) is 0 Å². The molecule has 1 aliphatic rings. The van der Waals surface area contributed by atoms with Crippen molar-refractivity contribution in [2.75, 3.05) is 10.0 Å². The van der Waals surface area contributed by atoms with Gasteiger partial charge in [0.05, 0.1) is 5.52 Å². The van der Waals surface area contributed by atoms with E-state index < -0.39 is 15.8 Å². The predicted molar refractivity (Wildman–Crippen MR) is 150 cm³/mol. The van der Waals surface area contributed by atoms with Gasteiger partial charge in [0, 0.05) is 29.4 Å². The summed E-state index contributed by atoms with van der Waals surface area (Å²) in [6.07, 6.45) is 6.73. The first kappa shape index (κ1) is 26.1. The zero-order chi connectivity index (χ0) is 26.9. The van der Waals surface area contributed by atoms with Gasteiger partial charge in [0.25, 0.3) is 10.0 Å². The van der Waals surface area contributed by atoms with E-state index in [-0.39, 0.29) is 4.90 Å². The van der Waals surface area contributed by atoms with Crippen molar-refractivity contribution in [3.63, 3.8) is 0 Å². The first-order valence-corrected chi connectivity index (χ1v) is 14.4. The molecule has 1 saturated carbocycles. The van der Waals surface area contributed by atoms with Crippen LogP contribution in [0.3, 0.4) is 0 Å². The van der Waals surface area contributed by atoms with Gasteiger partial charge < -0.3 is 11.1 Å². The maximum absolute atomic E-state index is 14.1. The standard InChI is InChI=1S/C29H32FN5O2S/c1-3-19-15-20(16-21-17-32-29(34-28(19)21)33-23-10-8-22(31)9-11-23)25-13-12-24(14-18(25)2)35-38(36,37)27-7-5-4-6-26(27)30/h4-7,12-17,22-23,35H,3,8-11,31H2,1-2H3,(H,32,33,34). The smallest absolute Gasteiger partial charge is 0.264 e. The lowest BCUT2D eigenvalue weighted by molar-refractivity contribution is 0.410. The molecule has 0 unspecified atom stereocenters. The molecule has 0 amide bonds. The van der Waals surface area contributed by atoms with Gasteiger partial charge in [-0.15, -0.1) is 0 Å². The highest BCUT2D eigenvalue weighted by Crippen LogP contribution is 2.32. The second kappa shape index (κ2) is 10.7. The van der Waals surface area contributed by atoms with Crippen LogP contribution in [0.15, 0.2) is 65.7 Å². The molecule has 0 saturated heterocycles. The average molecular weight is 534 g/mol. The molecule has 4 N–H and O–H groups in total. The Morgan fingerprint density at radius 3 is 2.53 bits per heavy atom. The molecular weight excluding hydrogens is 501 g/mol. The van der Waals surface area contributed by atoms with Crippen LogP contribution >= 0.6 is 0 Å². The quantitative estimate of drug-likeness (QED) is 0.277. The minimum absolute atomic E-state index is 0.292. The second-order valence-electron chi connectivity index (χ2n) is 9.94. The van der Waals surface area contributed by atoms with E-state index in [1.54, 1.807) is 12.1 Å². The van der Waals surface area contributed by atoms with Crippen LogP contribution in [-0.2, 0) is 16.4 Å². The van der Waals surface area contributed by atoms with E-state index in [1.807, 2.05) is 19.2 Å². The predicted octanol–water partition coefficient (Wildman–Crippen LogP) is 5.79.